The second-order valence-electron chi connectivity index (χ2n) is 4.06. The number of rotatable bonds is 4. The first kappa shape index (κ1) is 13.1. The summed E-state index contributed by atoms with van der Waals surface area (Å²) in [5.74, 6) is 1.42. The molecule has 0 amide bonds. The average molecular weight is 307 g/mol. The summed E-state index contributed by atoms with van der Waals surface area (Å²) in [7, 11) is 0. The number of pyridine rings is 1. The van der Waals surface area contributed by atoms with E-state index in [1.54, 1.807) is 6.20 Å². The highest BCUT2D eigenvalue weighted by molar-refractivity contribution is 9.10. The minimum absolute atomic E-state index is 0.629. The Bertz CT molecular complexity index is 526. The van der Waals surface area contributed by atoms with E-state index < -0.39 is 0 Å². The summed E-state index contributed by atoms with van der Waals surface area (Å²) in [6.07, 6.45) is 2.61. The van der Waals surface area contributed by atoms with E-state index in [4.69, 9.17) is 10.5 Å². The average Bonchev–Trinajstić information content (AvgIpc) is 2.35. The van der Waals surface area contributed by atoms with E-state index in [9.17, 15) is 0 Å². The van der Waals surface area contributed by atoms with E-state index in [0.717, 1.165) is 22.2 Å². The predicted molar refractivity (Wildman–Crippen MR) is 75.9 cm³/mol. The number of aryl methyl sites for hydroxylation is 1. The molecule has 1 heterocycles. The number of benzene rings is 1. The van der Waals surface area contributed by atoms with Crippen LogP contribution in [0, 0.1) is 6.92 Å². The number of aromatic nitrogens is 1. The fourth-order valence-electron chi connectivity index (χ4n) is 1.64. The van der Waals surface area contributed by atoms with Crippen molar-refractivity contribution in [3.05, 3.63) is 52.1 Å². The largest absolute Gasteiger partial charge is 0.439 e. The molecule has 0 saturated heterocycles. The molecule has 18 heavy (non-hydrogen) atoms. The molecule has 3 nitrogen and oxygen atoms in total. The Morgan fingerprint density at radius 1 is 1.28 bits per heavy atom. The second kappa shape index (κ2) is 5.98. The zero-order valence-electron chi connectivity index (χ0n) is 10.2. The molecule has 0 aliphatic rings. The SMILES string of the molecule is Cc1cc(Br)cnc1Oc1ccc(CCN)cc1. The lowest BCUT2D eigenvalue weighted by atomic mass is 10.1. The zero-order chi connectivity index (χ0) is 13.0. The van der Waals surface area contributed by atoms with Gasteiger partial charge in [0.2, 0.25) is 5.88 Å². The molecule has 94 valence electrons. The van der Waals surface area contributed by atoms with Crippen LogP contribution in [0.3, 0.4) is 0 Å². The molecule has 0 unspecified atom stereocenters. The van der Waals surface area contributed by atoms with Gasteiger partial charge in [0.05, 0.1) is 0 Å². The van der Waals surface area contributed by atoms with Gasteiger partial charge in [-0.2, -0.15) is 0 Å². The fraction of sp³-hybridized carbons (Fsp3) is 0.214. The molecule has 2 aromatic rings. The molecule has 0 aliphatic carbocycles. The molecular formula is C14H15BrN2O. The van der Waals surface area contributed by atoms with Crippen LogP contribution in [0.15, 0.2) is 41.0 Å². The van der Waals surface area contributed by atoms with Crippen molar-refractivity contribution in [2.75, 3.05) is 6.54 Å². The molecule has 0 aliphatic heterocycles. The van der Waals surface area contributed by atoms with Crippen LogP contribution >= 0.6 is 15.9 Å². The first-order valence-electron chi connectivity index (χ1n) is 5.78. The summed E-state index contributed by atoms with van der Waals surface area (Å²) in [5.41, 5.74) is 7.72. The molecule has 0 radical (unpaired) electrons. The summed E-state index contributed by atoms with van der Waals surface area (Å²) in [4.78, 5) is 4.24. The Kier molecular flexibility index (Phi) is 4.33. The molecule has 0 bridgehead atoms. The highest BCUT2D eigenvalue weighted by Gasteiger charge is 2.03. The number of ether oxygens (including phenoxy) is 1. The predicted octanol–water partition coefficient (Wildman–Crippen LogP) is 3.45. The van der Waals surface area contributed by atoms with Crippen molar-refractivity contribution >= 4 is 15.9 Å². The Hall–Kier alpha value is -1.39. The third-order valence-corrected chi connectivity index (χ3v) is 3.00. The van der Waals surface area contributed by atoms with Crippen LogP contribution in [0.1, 0.15) is 11.1 Å². The van der Waals surface area contributed by atoms with Crippen molar-refractivity contribution in [3.8, 4) is 11.6 Å². The highest BCUT2D eigenvalue weighted by Crippen LogP contribution is 2.24. The van der Waals surface area contributed by atoms with E-state index >= 15 is 0 Å². The van der Waals surface area contributed by atoms with Gasteiger partial charge in [0.1, 0.15) is 5.75 Å². The molecule has 2 N–H and O–H groups in total. The Morgan fingerprint density at radius 3 is 2.61 bits per heavy atom. The maximum Gasteiger partial charge on any atom is 0.222 e. The van der Waals surface area contributed by atoms with Gasteiger partial charge in [-0.25, -0.2) is 4.98 Å². The summed E-state index contributed by atoms with van der Waals surface area (Å²) in [6.45, 7) is 2.63. The summed E-state index contributed by atoms with van der Waals surface area (Å²) in [5, 5.41) is 0. The summed E-state index contributed by atoms with van der Waals surface area (Å²) < 4.78 is 6.68. The van der Waals surface area contributed by atoms with E-state index in [0.29, 0.717) is 12.4 Å². The van der Waals surface area contributed by atoms with Gasteiger partial charge >= 0.3 is 0 Å². The van der Waals surface area contributed by atoms with Crippen molar-refractivity contribution < 1.29 is 4.74 Å². The molecule has 0 spiro atoms. The molecule has 1 aromatic carbocycles. The number of halogens is 1. The summed E-state index contributed by atoms with van der Waals surface area (Å²) >= 11 is 3.38. The number of hydrogen-bond acceptors (Lipinski definition) is 3. The smallest absolute Gasteiger partial charge is 0.222 e. The van der Waals surface area contributed by atoms with Crippen LogP contribution in [0.2, 0.25) is 0 Å². The molecule has 1 aromatic heterocycles. The quantitative estimate of drug-likeness (QED) is 0.941. The maximum atomic E-state index is 5.73. The number of hydrogen-bond donors (Lipinski definition) is 1. The molecule has 4 heteroatoms. The fourth-order valence-corrected chi connectivity index (χ4v) is 2.08. The van der Waals surface area contributed by atoms with Crippen molar-refractivity contribution in [1.82, 2.24) is 4.98 Å². The van der Waals surface area contributed by atoms with Gasteiger partial charge in [-0.05, 0) is 59.6 Å². The molecule has 0 saturated carbocycles. The molecule has 0 atom stereocenters. The Balaban J connectivity index is 2.13. The first-order chi connectivity index (χ1) is 8.69. The molecule has 0 fully saturated rings. The van der Waals surface area contributed by atoms with Gasteiger partial charge < -0.3 is 10.5 Å². The monoisotopic (exact) mass is 306 g/mol. The van der Waals surface area contributed by atoms with Crippen LogP contribution in [0.4, 0.5) is 0 Å². The van der Waals surface area contributed by atoms with E-state index in [2.05, 4.69) is 20.9 Å². The third kappa shape index (κ3) is 3.31. The zero-order valence-corrected chi connectivity index (χ0v) is 11.8. The minimum atomic E-state index is 0.629. The lowest BCUT2D eigenvalue weighted by Gasteiger charge is -2.08. The van der Waals surface area contributed by atoms with Crippen LogP contribution < -0.4 is 10.5 Å². The lowest BCUT2D eigenvalue weighted by molar-refractivity contribution is 0.458. The maximum absolute atomic E-state index is 5.73. The van der Waals surface area contributed by atoms with E-state index in [-0.39, 0.29) is 0 Å². The van der Waals surface area contributed by atoms with Gasteiger partial charge in [0.25, 0.3) is 0 Å². The normalized spacial score (nSPS) is 10.4. The standard InChI is InChI=1S/C14H15BrN2O/c1-10-8-12(15)9-17-14(10)18-13-4-2-11(3-5-13)6-7-16/h2-5,8-9H,6-7,16H2,1H3. The van der Waals surface area contributed by atoms with Crippen molar-refractivity contribution in [2.24, 2.45) is 5.73 Å². The number of nitrogens with two attached hydrogens (primary N) is 1. The first-order valence-corrected chi connectivity index (χ1v) is 6.57. The molecular weight excluding hydrogens is 292 g/mol. The van der Waals surface area contributed by atoms with E-state index in [1.165, 1.54) is 5.56 Å². The lowest BCUT2D eigenvalue weighted by Crippen LogP contribution is -2.02. The van der Waals surface area contributed by atoms with Gasteiger partial charge in [0, 0.05) is 16.2 Å². The number of nitrogens with zero attached hydrogens (tertiary/aromatic N) is 1. The van der Waals surface area contributed by atoms with Gasteiger partial charge in [-0.3, -0.25) is 0 Å². The topological polar surface area (TPSA) is 48.1 Å². The van der Waals surface area contributed by atoms with Crippen LogP contribution in [-0.4, -0.2) is 11.5 Å². The van der Waals surface area contributed by atoms with Crippen molar-refractivity contribution in [2.45, 2.75) is 13.3 Å². The van der Waals surface area contributed by atoms with Crippen LogP contribution in [0.25, 0.3) is 0 Å². The third-order valence-electron chi connectivity index (χ3n) is 2.57. The Morgan fingerprint density at radius 2 is 2.00 bits per heavy atom. The second-order valence-corrected chi connectivity index (χ2v) is 4.98. The summed E-state index contributed by atoms with van der Waals surface area (Å²) in [6, 6.07) is 9.90. The molecule has 2 rings (SSSR count). The minimum Gasteiger partial charge on any atom is -0.439 e. The van der Waals surface area contributed by atoms with Gasteiger partial charge in [0.15, 0.2) is 0 Å². The Labute approximate surface area is 115 Å². The van der Waals surface area contributed by atoms with Crippen molar-refractivity contribution in [1.29, 1.82) is 0 Å². The van der Waals surface area contributed by atoms with Crippen molar-refractivity contribution in [3.63, 3.8) is 0 Å². The van der Waals surface area contributed by atoms with Gasteiger partial charge in [-0.15, -0.1) is 0 Å². The highest BCUT2D eigenvalue weighted by atomic mass is 79.9. The van der Waals surface area contributed by atoms with Crippen LogP contribution in [0.5, 0.6) is 11.6 Å². The van der Waals surface area contributed by atoms with Crippen LogP contribution in [-0.2, 0) is 6.42 Å². The van der Waals surface area contributed by atoms with Gasteiger partial charge in [-0.1, -0.05) is 12.1 Å². The van der Waals surface area contributed by atoms with E-state index in [1.807, 2.05) is 37.3 Å².